The number of unbranched alkanes of at least 4 members (excludes halogenated alkanes) is 4. The summed E-state index contributed by atoms with van der Waals surface area (Å²) in [5, 5.41) is 8.75. The number of fused-ring (bicyclic) bond motifs is 1. The van der Waals surface area contributed by atoms with E-state index in [0.29, 0.717) is 0 Å². The minimum atomic E-state index is 1.08. The minimum absolute atomic E-state index is 1.08. The predicted molar refractivity (Wildman–Crippen MR) is 74.7 cm³/mol. The van der Waals surface area contributed by atoms with E-state index in [1.54, 1.807) is 0 Å². The first-order valence-electron chi connectivity index (χ1n) is 7.83. The van der Waals surface area contributed by atoms with Gasteiger partial charge >= 0.3 is 0 Å². The molecule has 1 aliphatic rings. The molecule has 1 aromatic heterocycles. The Hall–Kier alpha value is -0.860. The van der Waals surface area contributed by atoms with E-state index in [1.165, 1.54) is 75.6 Å². The maximum Gasteiger partial charge on any atom is 0.0859 e. The van der Waals surface area contributed by atoms with Gasteiger partial charge in [0.15, 0.2) is 0 Å². The molecule has 2 rings (SSSR count). The van der Waals surface area contributed by atoms with Crippen LogP contribution in [0.1, 0.15) is 76.1 Å². The molecule has 0 aromatic carbocycles. The summed E-state index contributed by atoms with van der Waals surface area (Å²) in [5.41, 5.74) is 2.72. The van der Waals surface area contributed by atoms with E-state index in [0.717, 1.165) is 13.0 Å². The normalized spacial score (nSPS) is 16.1. The van der Waals surface area contributed by atoms with Gasteiger partial charge in [-0.05, 0) is 32.1 Å². The largest absolute Gasteiger partial charge is 0.249 e. The molecule has 0 spiro atoms. The Kier molecular flexibility index (Phi) is 5.69. The maximum absolute atomic E-state index is 4.39. The quantitative estimate of drug-likeness (QED) is 0.716. The Bertz CT molecular complexity index is 344. The Balaban J connectivity index is 1.84. The van der Waals surface area contributed by atoms with Gasteiger partial charge in [-0.1, -0.05) is 50.7 Å². The number of nitrogens with zero attached hydrogens (tertiary/aromatic N) is 3. The molecule has 0 amide bonds. The van der Waals surface area contributed by atoms with Crippen LogP contribution in [0.25, 0.3) is 0 Å². The fourth-order valence-corrected chi connectivity index (χ4v) is 2.82. The second-order valence-electron chi connectivity index (χ2n) is 5.53. The van der Waals surface area contributed by atoms with Gasteiger partial charge in [-0.25, -0.2) is 4.68 Å². The van der Waals surface area contributed by atoms with Gasteiger partial charge in [0.25, 0.3) is 0 Å². The van der Waals surface area contributed by atoms with Crippen LogP contribution in [0.3, 0.4) is 0 Å². The van der Waals surface area contributed by atoms with Gasteiger partial charge in [0, 0.05) is 6.54 Å². The van der Waals surface area contributed by atoms with Gasteiger partial charge in [-0.3, -0.25) is 0 Å². The molecule has 3 nitrogen and oxygen atoms in total. The topological polar surface area (TPSA) is 30.7 Å². The first-order chi connectivity index (χ1) is 8.92. The van der Waals surface area contributed by atoms with Crippen LogP contribution in [0.4, 0.5) is 0 Å². The summed E-state index contributed by atoms with van der Waals surface area (Å²) in [6, 6.07) is 0. The van der Waals surface area contributed by atoms with Crippen molar-refractivity contribution < 1.29 is 0 Å². The molecule has 0 aliphatic heterocycles. The van der Waals surface area contributed by atoms with Crippen LogP contribution in [-0.2, 0) is 19.4 Å². The molecule has 18 heavy (non-hydrogen) atoms. The van der Waals surface area contributed by atoms with Crippen molar-refractivity contribution in [1.29, 1.82) is 0 Å². The third-order valence-corrected chi connectivity index (χ3v) is 3.97. The van der Waals surface area contributed by atoms with Crippen LogP contribution in [0.5, 0.6) is 0 Å². The highest BCUT2D eigenvalue weighted by Crippen LogP contribution is 2.18. The molecule has 0 saturated heterocycles. The molecule has 0 N–H and O–H groups in total. The summed E-state index contributed by atoms with van der Waals surface area (Å²) in [6.07, 6.45) is 14.3. The van der Waals surface area contributed by atoms with E-state index >= 15 is 0 Å². The van der Waals surface area contributed by atoms with Crippen molar-refractivity contribution >= 4 is 0 Å². The van der Waals surface area contributed by atoms with Crippen LogP contribution < -0.4 is 0 Å². The molecule has 1 aromatic rings. The number of aryl methyl sites for hydroxylation is 2. The zero-order chi connectivity index (χ0) is 12.6. The Morgan fingerprint density at radius 1 is 0.944 bits per heavy atom. The molecular formula is C15H27N3. The lowest BCUT2D eigenvalue weighted by molar-refractivity contribution is 0.499. The van der Waals surface area contributed by atoms with E-state index in [4.69, 9.17) is 0 Å². The smallest absolute Gasteiger partial charge is 0.0859 e. The molecular weight excluding hydrogens is 222 g/mol. The molecule has 0 radical (unpaired) electrons. The predicted octanol–water partition coefficient (Wildman–Crippen LogP) is 3.91. The summed E-state index contributed by atoms with van der Waals surface area (Å²) in [5.74, 6) is 0. The minimum Gasteiger partial charge on any atom is -0.249 e. The molecule has 0 fully saturated rings. The van der Waals surface area contributed by atoms with Gasteiger partial charge in [0.05, 0.1) is 11.4 Å². The molecule has 0 unspecified atom stereocenters. The monoisotopic (exact) mass is 249 g/mol. The Labute approximate surface area is 111 Å². The first-order valence-corrected chi connectivity index (χ1v) is 7.83. The van der Waals surface area contributed by atoms with Crippen molar-refractivity contribution in [3.05, 3.63) is 11.4 Å². The number of hydrogen-bond acceptors (Lipinski definition) is 2. The van der Waals surface area contributed by atoms with Crippen molar-refractivity contribution in [3.63, 3.8) is 0 Å². The third-order valence-electron chi connectivity index (χ3n) is 3.97. The SMILES string of the molecule is CCCCCCCn1nnc2c1CCCCCC2. The Morgan fingerprint density at radius 3 is 2.56 bits per heavy atom. The van der Waals surface area contributed by atoms with Gasteiger partial charge in [0.1, 0.15) is 0 Å². The lowest BCUT2D eigenvalue weighted by Gasteiger charge is -2.11. The van der Waals surface area contributed by atoms with Crippen molar-refractivity contribution in [1.82, 2.24) is 15.0 Å². The van der Waals surface area contributed by atoms with Crippen LogP contribution in [0.2, 0.25) is 0 Å². The summed E-state index contributed by atoms with van der Waals surface area (Å²) in [6.45, 7) is 3.34. The summed E-state index contributed by atoms with van der Waals surface area (Å²) < 4.78 is 2.19. The van der Waals surface area contributed by atoms with Gasteiger partial charge in [-0.15, -0.1) is 5.10 Å². The first kappa shape index (κ1) is 13.6. The third kappa shape index (κ3) is 3.82. The van der Waals surface area contributed by atoms with E-state index < -0.39 is 0 Å². The van der Waals surface area contributed by atoms with Crippen molar-refractivity contribution in [2.75, 3.05) is 0 Å². The van der Waals surface area contributed by atoms with E-state index in [-0.39, 0.29) is 0 Å². The highest BCUT2D eigenvalue weighted by Gasteiger charge is 2.14. The standard InChI is InChI=1S/C15H27N3/c1-2-3-4-7-10-13-18-15-12-9-6-5-8-11-14(15)16-17-18/h2-13H2,1H3. The average molecular weight is 249 g/mol. The lowest BCUT2D eigenvalue weighted by Crippen LogP contribution is -2.08. The fraction of sp³-hybridized carbons (Fsp3) is 0.867. The van der Waals surface area contributed by atoms with Crippen molar-refractivity contribution in [3.8, 4) is 0 Å². The fourth-order valence-electron chi connectivity index (χ4n) is 2.82. The highest BCUT2D eigenvalue weighted by molar-refractivity contribution is 5.11. The molecule has 1 aliphatic carbocycles. The molecule has 1 heterocycles. The molecule has 0 bridgehead atoms. The van der Waals surface area contributed by atoms with E-state index in [2.05, 4.69) is 21.9 Å². The highest BCUT2D eigenvalue weighted by atomic mass is 15.4. The number of aromatic nitrogens is 3. The lowest BCUT2D eigenvalue weighted by atomic mass is 10.0. The summed E-state index contributed by atoms with van der Waals surface area (Å²) in [4.78, 5) is 0. The van der Waals surface area contributed by atoms with Gasteiger partial charge in [0.2, 0.25) is 0 Å². The molecule has 102 valence electrons. The van der Waals surface area contributed by atoms with E-state index in [9.17, 15) is 0 Å². The zero-order valence-corrected chi connectivity index (χ0v) is 11.8. The van der Waals surface area contributed by atoms with Crippen molar-refractivity contribution in [2.45, 2.75) is 84.1 Å². The number of hydrogen-bond donors (Lipinski definition) is 0. The van der Waals surface area contributed by atoms with E-state index in [1.807, 2.05) is 0 Å². The van der Waals surface area contributed by atoms with Crippen molar-refractivity contribution in [2.24, 2.45) is 0 Å². The second kappa shape index (κ2) is 7.55. The maximum atomic E-state index is 4.39. The molecule has 0 atom stereocenters. The molecule has 3 heteroatoms. The van der Waals surface area contributed by atoms with Crippen LogP contribution in [0, 0.1) is 0 Å². The van der Waals surface area contributed by atoms with Crippen LogP contribution in [0.15, 0.2) is 0 Å². The van der Waals surface area contributed by atoms with Gasteiger partial charge < -0.3 is 0 Å². The molecule has 0 saturated carbocycles. The number of rotatable bonds is 6. The zero-order valence-electron chi connectivity index (χ0n) is 11.8. The van der Waals surface area contributed by atoms with Gasteiger partial charge in [-0.2, -0.15) is 0 Å². The van der Waals surface area contributed by atoms with Crippen LogP contribution >= 0.6 is 0 Å². The average Bonchev–Trinajstić information content (AvgIpc) is 2.70. The summed E-state index contributed by atoms with van der Waals surface area (Å²) >= 11 is 0. The Morgan fingerprint density at radius 2 is 1.72 bits per heavy atom. The second-order valence-corrected chi connectivity index (χ2v) is 5.53. The van der Waals surface area contributed by atoms with Crippen LogP contribution in [-0.4, -0.2) is 15.0 Å². The summed E-state index contributed by atoms with van der Waals surface area (Å²) in [7, 11) is 0.